The fourth-order valence-electron chi connectivity index (χ4n) is 2.45. The van der Waals surface area contributed by atoms with E-state index in [1.54, 1.807) is 35.3 Å². The van der Waals surface area contributed by atoms with E-state index in [0.29, 0.717) is 34.2 Å². The summed E-state index contributed by atoms with van der Waals surface area (Å²) in [4.78, 5) is 20.6. The van der Waals surface area contributed by atoms with Gasteiger partial charge in [-0.3, -0.25) is 9.79 Å². The molecule has 2 heterocycles. The van der Waals surface area contributed by atoms with Crippen molar-refractivity contribution in [3.8, 4) is 0 Å². The molecule has 0 aliphatic rings. The van der Waals surface area contributed by atoms with Crippen molar-refractivity contribution in [3.63, 3.8) is 0 Å². The monoisotopic (exact) mass is 387 g/mol. The van der Waals surface area contributed by atoms with Crippen LogP contribution >= 0.6 is 11.6 Å². The fourth-order valence-corrected chi connectivity index (χ4v) is 2.71. The number of nitrogens with zero attached hydrogens (tertiary/aromatic N) is 3. The molecule has 6 nitrogen and oxygen atoms in total. The molecule has 144 valence electrons. The fraction of sp³-hybridized carbons (Fsp3) is 0.350. The number of pyridine rings is 2. The normalized spacial score (nSPS) is 12.6. The summed E-state index contributed by atoms with van der Waals surface area (Å²) >= 11 is 6.42. The molecule has 0 saturated carbocycles. The molecule has 0 aromatic carbocycles. The molecule has 2 aromatic rings. The minimum absolute atomic E-state index is 0.0421. The molecule has 0 bridgehead atoms. The van der Waals surface area contributed by atoms with Gasteiger partial charge in [-0.25, -0.2) is 4.98 Å². The Hall–Kier alpha value is -2.60. The topological polar surface area (TPSA) is 85.3 Å². The molecular formula is C20H26ClN5O. The Morgan fingerprint density at radius 1 is 1.41 bits per heavy atom. The van der Waals surface area contributed by atoms with Gasteiger partial charge in [0.05, 0.1) is 10.7 Å². The molecule has 0 spiro atoms. The molecule has 27 heavy (non-hydrogen) atoms. The number of hydrogen-bond acceptors (Lipinski definition) is 5. The lowest BCUT2D eigenvalue weighted by Gasteiger charge is -2.21. The van der Waals surface area contributed by atoms with E-state index in [0.717, 1.165) is 6.42 Å². The van der Waals surface area contributed by atoms with Gasteiger partial charge in [0.1, 0.15) is 5.82 Å². The second-order valence-corrected chi connectivity index (χ2v) is 7.63. The number of halogens is 1. The number of rotatable bonds is 6. The number of aryl methyl sites for hydroxylation is 1. The van der Waals surface area contributed by atoms with Gasteiger partial charge in [0.25, 0.3) is 5.56 Å². The van der Waals surface area contributed by atoms with Crippen molar-refractivity contribution in [1.29, 1.82) is 0 Å². The van der Waals surface area contributed by atoms with Gasteiger partial charge in [0, 0.05) is 54.1 Å². The van der Waals surface area contributed by atoms with Crippen LogP contribution in [0.25, 0.3) is 5.57 Å². The number of aliphatic imine (C=N–C) groups is 1. The van der Waals surface area contributed by atoms with Crippen molar-refractivity contribution >= 4 is 34.9 Å². The van der Waals surface area contributed by atoms with Crippen LogP contribution in [0.3, 0.4) is 0 Å². The molecule has 7 heteroatoms. The van der Waals surface area contributed by atoms with Crippen molar-refractivity contribution in [2.24, 2.45) is 10.7 Å². The summed E-state index contributed by atoms with van der Waals surface area (Å²) in [5, 5.41) is 3.80. The summed E-state index contributed by atoms with van der Waals surface area (Å²) in [6.07, 6.45) is 7.32. The molecule has 0 atom stereocenters. The molecule has 0 radical (unpaired) electrons. The highest BCUT2D eigenvalue weighted by Crippen LogP contribution is 2.26. The van der Waals surface area contributed by atoms with E-state index in [1.165, 1.54) is 12.3 Å². The maximum absolute atomic E-state index is 11.8. The predicted molar refractivity (Wildman–Crippen MR) is 114 cm³/mol. The maximum Gasteiger partial charge on any atom is 0.250 e. The number of allylic oxidation sites excluding steroid dienone is 1. The van der Waals surface area contributed by atoms with Gasteiger partial charge in [0.15, 0.2) is 0 Å². The van der Waals surface area contributed by atoms with Gasteiger partial charge in [-0.1, -0.05) is 18.5 Å². The Balaban J connectivity index is 2.26. The number of hydrogen-bond donors (Lipinski definition) is 2. The predicted octanol–water partition coefficient (Wildman–Crippen LogP) is 4.22. The molecule has 0 amide bonds. The lowest BCUT2D eigenvalue weighted by atomic mass is 10.1. The molecule has 0 aliphatic heterocycles. The Morgan fingerprint density at radius 2 is 2.15 bits per heavy atom. The van der Waals surface area contributed by atoms with E-state index in [4.69, 9.17) is 17.3 Å². The van der Waals surface area contributed by atoms with E-state index < -0.39 is 0 Å². The van der Waals surface area contributed by atoms with Crippen LogP contribution in [0.15, 0.2) is 46.6 Å². The zero-order chi connectivity index (χ0) is 20.0. The minimum Gasteiger partial charge on any atom is -0.404 e. The molecule has 2 rings (SSSR count). The van der Waals surface area contributed by atoms with Crippen molar-refractivity contribution < 1.29 is 0 Å². The van der Waals surface area contributed by atoms with Crippen LogP contribution in [0.5, 0.6) is 0 Å². The Kier molecular flexibility index (Phi) is 6.80. The molecule has 0 saturated heterocycles. The largest absolute Gasteiger partial charge is 0.404 e. The summed E-state index contributed by atoms with van der Waals surface area (Å²) in [6.45, 7) is 8.82. The van der Waals surface area contributed by atoms with E-state index in [9.17, 15) is 4.79 Å². The van der Waals surface area contributed by atoms with Gasteiger partial charge < -0.3 is 15.6 Å². The first-order valence-electron chi connectivity index (χ1n) is 8.84. The van der Waals surface area contributed by atoms with Crippen LogP contribution in [0.4, 0.5) is 11.5 Å². The van der Waals surface area contributed by atoms with E-state index in [1.807, 2.05) is 27.7 Å². The first-order chi connectivity index (χ1) is 12.7. The molecule has 2 aromatic heterocycles. The van der Waals surface area contributed by atoms with Crippen molar-refractivity contribution in [1.82, 2.24) is 9.55 Å². The lowest BCUT2D eigenvalue weighted by molar-refractivity contribution is 0.630. The quantitative estimate of drug-likeness (QED) is 0.726. The zero-order valence-electron chi connectivity index (χ0n) is 16.2. The summed E-state index contributed by atoms with van der Waals surface area (Å²) in [5.41, 5.74) is 7.60. The smallest absolute Gasteiger partial charge is 0.250 e. The average Bonchev–Trinajstić information content (AvgIpc) is 2.58. The van der Waals surface area contributed by atoms with E-state index in [-0.39, 0.29) is 11.1 Å². The second kappa shape index (κ2) is 8.86. The third-order valence-electron chi connectivity index (χ3n) is 3.63. The van der Waals surface area contributed by atoms with Crippen molar-refractivity contribution in [2.75, 3.05) is 5.32 Å². The van der Waals surface area contributed by atoms with Crippen molar-refractivity contribution in [2.45, 2.75) is 46.2 Å². The highest BCUT2D eigenvalue weighted by Gasteiger charge is 2.12. The SMILES string of the molecule is CCCn1cc(N=C/C(=C\N)c2cnc(NC(C)(C)C)cc2Cl)ccc1=O. The minimum atomic E-state index is -0.118. The zero-order valence-corrected chi connectivity index (χ0v) is 16.9. The van der Waals surface area contributed by atoms with Crippen LogP contribution in [0.1, 0.15) is 39.7 Å². The summed E-state index contributed by atoms with van der Waals surface area (Å²) < 4.78 is 1.64. The summed E-state index contributed by atoms with van der Waals surface area (Å²) in [7, 11) is 0. The Labute approximate surface area is 164 Å². The molecular weight excluding hydrogens is 362 g/mol. The number of nitrogens with two attached hydrogens (primary N) is 1. The lowest BCUT2D eigenvalue weighted by Crippen LogP contribution is -2.26. The van der Waals surface area contributed by atoms with Crippen LogP contribution in [0, 0.1) is 0 Å². The highest BCUT2D eigenvalue weighted by molar-refractivity contribution is 6.34. The van der Waals surface area contributed by atoms with Crippen LogP contribution < -0.4 is 16.6 Å². The van der Waals surface area contributed by atoms with Crippen molar-refractivity contribution in [3.05, 3.63) is 57.7 Å². The van der Waals surface area contributed by atoms with Gasteiger partial charge in [0.2, 0.25) is 0 Å². The van der Waals surface area contributed by atoms with E-state index in [2.05, 4.69) is 15.3 Å². The molecule has 3 N–H and O–H groups in total. The second-order valence-electron chi connectivity index (χ2n) is 7.22. The third kappa shape index (κ3) is 5.96. The first-order valence-corrected chi connectivity index (χ1v) is 9.22. The van der Waals surface area contributed by atoms with Crippen LogP contribution in [-0.4, -0.2) is 21.3 Å². The first kappa shape index (κ1) is 20.7. The molecule has 0 aliphatic carbocycles. The number of nitrogens with one attached hydrogen (secondary N) is 1. The Bertz CT molecular complexity index is 909. The molecule has 0 fully saturated rings. The van der Waals surface area contributed by atoms with Gasteiger partial charge >= 0.3 is 0 Å². The third-order valence-corrected chi connectivity index (χ3v) is 3.94. The van der Waals surface area contributed by atoms with Crippen LogP contribution in [-0.2, 0) is 6.54 Å². The molecule has 0 unspecified atom stereocenters. The average molecular weight is 388 g/mol. The van der Waals surface area contributed by atoms with Gasteiger partial charge in [-0.05, 0) is 39.3 Å². The standard InChI is InChI=1S/C20H26ClN5O/c1-5-8-26-13-15(6-7-19(26)27)23-11-14(10-22)16-12-24-18(9-17(16)21)25-20(2,3)4/h6-7,9-13H,5,8,22H2,1-4H3,(H,24,25)/b14-10+,23-11?. The van der Waals surface area contributed by atoms with E-state index >= 15 is 0 Å². The number of aromatic nitrogens is 2. The maximum atomic E-state index is 11.8. The van der Waals surface area contributed by atoms with Gasteiger partial charge in [-0.2, -0.15) is 0 Å². The Morgan fingerprint density at radius 3 is 2.74 bits per heavy atom. The van der Waals surface area contributed by atoms with Gasteiger partial charge in [-0.15, -0.1) is 0 Å². The highest BCUT2D eigenvalue weighted by atomic mass is 35.5. The summed E-state index contributed by atoms with van der Waals surface area (Å²) in [6, 6.07) is 4.95. The van der Waals surface area contributed by atoms with Crippen LogP contribution in [0.2, 0.25) is 5.02 Å². The number of anilines is 1. The summed E-state index contributed by atoms with van der Waals surface area (Å²) in [5.74, 6) is 0.691.